The average Bonchev–Trinajstić information content (AvgIpc) is 2.76. The molecule has 0 spiro atoms. The molecule has 0 aliphatic carbocycles. The summed E-state index contributed by atoms with van der Waals surface area (Å²) in [7, 11) is 2.04. The van der Waals surface area contributed by atoms with Crippen molar-refractivity contribution < 1.29 is 14.3 Å². The Morgan fingerprint density at radius 3 is 2.47 bits per heavy atom. The van der Waals surface area contributed by atoms with Crippen molar-refractivity contribution in [3.63, 3.8) is 0 Å². The second kappa shape index (κ2) is 10.8. The molecule has 0 radical (unpaired) electrons. The van der Waals surface area contributed by atoms with Crippen molar-refractivity contribution in [2.24, 2.45) is 0 Å². The van der Waals surface area contributed by atoms with E-state index in [1.807, 2.05) is 44.0 Å². The maximum Gasteiger partial charge on any atom is 0.264 e. The summed E-state index contributed by atoms with van der Waals surface area (Å²) in [5.74, 6) is 0.149. The maximum absolute atomic E-state index is 12.8. The van der Waals surface area contributed by atoms with E-state index in [9.17, 15) is 9.59 Å². The first-order chi connectivity index (χ1) is 15.2. The summed E-state index contributed by atoms with van der Waals surface area (Å²) < 4.78 is 5.52. The highest BCUT2D eigenvalue weighted by Gasteiger charge is 2.21. The second-order valence-corrected chi connectivity index (χ2v) is 8.64. The number of nitrogens with zero attached hydrogens (tertiary/aromatic N) is 2. The average molecular weight is 475 g/mol. The zero-order valence-electron chi connectivity index (χ0n) is 18.4. The first-order valence-electron chi connectivity index (χ1n) is 10.3. The third-order valence-electron chi connectivity index (χ3n) is 5.35. The van der Waals surface area contributed by atoms with Crippen LogP contribution in [-0.4, -0.2) is 66.6 Å². The SMILES string of the molecule is Cc1ccc(OCC(=O)NC(=S)Nc2cc(C(=O)N3CCN(C)CC3)ccc2Cl)cc1C. The predicted molar refractivity (Wildman–Crippen MR) is 131 cm³/mol. The quantitative estimate of drug-likeness (QED) is 0.648. The largest absolute Gasteiger partial charge is 0.484 e. The minimum Gasteiger partial charge on any atom is -0.484 e. The first-order valence-corrected chi connectivity index (χ1v) is 11.1. The van der Waals surface area contributed by atoms with Crippen molar-refractivity contribution in [3.8, 4) is 5.75 Å². The van der Waals surface area contributed by atoms with Crippen LogP contribution in [-0.2, 0) is 4.79 Å². The molecule has 0 bridgehead atoms. The molecule has 2 amide bonds. The summed E-state index contributed by atoms with van der Waals surface area (Å²) in [6, 6.07) is 10.6. The Morgan fingerprint density at radius 1 is 1.06 bits per heavy atom. The fourth-order valence-corrected chi connectivity index (χ4v) is 3.60. The number of thiocarbonyl (C=S) groups is 1. The highest BCUT2D eigenvalue weighted by molar-refractivity contribution is 7.80. The molecule has 0 atom stereocenters. The number of hydrogen-bond acceptors (Lipinski definition) is 5. The van der Waals surface area contributed by atoms with E-state index in [1.54, 1.807) is 18.2 Å². The van der Waals surface area contributed by atoms with Crippen molar-refractivity contribution in [2.45, 2.75) is 13.8 Å². The molecular formula is C23H27ClN4O3S. The van der Waals surface area contributed by atoms with Crippen molar-refractivity contribution in [3.05, 3.63) is 58.1 Å². The number of likely N-dealkylation sites (N-methyl/N-ethyl adjacent to an activating group) is 1. The first kappa shape index (κ1) is 24.0. The zero-order chi connectivity index (χ0) is 23.3. The fraction of sp³-hybridized carbons (Fsp3) is 0.348. The number of nitrogens with one attached hydrogen (secondary N) is 2. The number of ether oxygens (including phenoxy) is 1. The molecule has 1 aliphatic heterocycles. The van der Waals surface area contributed by atoms with Gasteiger partial charge in [-0.3, -0.25) is 14.9 Å². The van der Waals surface area contributed by atoms with Crippen LogP contribution in [0.5, 0.6) is 5.75 Å². The van der Waals surface area contributed by atoms with Crippen LogP contribution in [0.25, 0.3) is 0 Å². The van der Waals surface area contributed by atoms with E-state index >= 15 is 0 Å². The molecule has 0 saturated carbocycles. The molecule has 1 aliphatic rings. The summed E-state index contributed by atoms with van der Waals surface area (Å²) in [6.45, 7) is 6.84. The highest BCUT2D eigenvalue weighted by Crippen LogP contribution is 2.24. The molecule has 1 fully saturated rings. The summed E-state index contributed by atoms with van der Waals surface area (Å²) in [4.78, 5) is 29.0. The number of halogens is 1. The van der Waals surface area contributed by atoms with E-state index in [4.69, 9.17) is 28.6 Å². The number of benzene rings is 2. The van der Waals surface area contributed by atoms with Gasteiger partial charge < -0.3 is 19.9 Å². The molecule has 9 heteroatoms. The van der Waals surface area contributed by atoms with Gasteiger partial charge in [0.25, 0.3) is 11.8 Å². The van der Waals surface area contributed by atoms with Crippen LogP contribution in [0.15, 0.2) is 36.4 Å². The number of aryl methyl sites for hydroxylation is 2. The smallest absolute Gasteiger partial charge is 0.264 e. The number of piperazine rings is 1. The Balaban J connectivity index is 1.55. The van der Waals surface area contributed by atoms with Gasteiger partial charge in [0.2, 0.25) is 0 Å². The molecule has 3 rings (SSSR count). The summed E-state index contributed by atoms with van der Waals surface area (Å²) in [5.41, 5.74) is 3.19. The summed E-state index contributed by atoms with van der Waals surface area (Å²) >= 11 is 11.5. The molecule has 7 nitrogen and oxygen atoms in total. The normalized spacial score (nSPS) is 14.1. The van der Waals surface area contributed by atoms with E-state index in [0.29, 0.717) is 35.1 Å². The lowest BCUT2D eigenvalue weighted by atomic mass is 10.1. The number of rotatable bonds is 5. The predicted octanol–water partition coefficient (Wildman–Crippen LogP) is 3.24. The zero-order valence-corrected chi connectivity index (χ0v) is 20.0. The van der Waals surface area contributed by atoms with Crippen LogP contribution in [0.1, 0.15) is 21.5 Å². The molecule has 2 aromatic carbocycles. The Bertz CT molecular complexity index is 1020. The topological polar surface area (TPSA) is 73.9 Å². The molecule has 0 aromatic heterocycles. The third kappa shape index (κ3) is 6.41. The maximum atomic E-state index is 12.8. The Labute approximate surface area is 198 Å². The van der Waals surface area contributed by atoms with Gasteiger partial charge in [0.15, 0.2) is 11.7 Å². The third-order valence-corrected chi connectivity index (χ3v) is 5.89. The van der Waals surface area contributed by atoms with E-state index in [2.05, 4.69) is 15.5 Å². The number of amides is 2. The molecule has 1 saturated heterocycles. The lowest BCUT2D eigenvalue weighted by Gasteiger charge is -2.32. The van der Waals surface area contributed by atoms with Gasteiger partial charge in [-0.1, -0.05) is 17.7 Å². The van der Waals surface area contributed by atoms with Crippen LogP contribution in [0, 0.1) is 13.8 Å². The Hall–Kier alpha value is -2.68. The summed E-state index contributed by atoms with van der Waals surface area (Å²) in [6.07, 6.45) is 0. The molecule has 170 valence electrons. The molecule has 0 unspecified atom stereocenters. The van der Waals surface area contributed by atoms with Gasteiger partial charge in [0.05, 0.1) is 10.7 Å². The van der Waals surface area contributed by atoms with Crippen LogP contribution >= 0.6 is 23.8 Å². The van der Waals surface area contributed by atoms with E-state index in [0.717, 1.165) is 24.2 Å². The van der Waals surface area contributed by atoms with Gasteiger partial charge >= 0.3 is 0 Å². The van der Waals surface area contributed by atoms with Gasteiger partial charge in [0.1, 0.15) is 5.75 Å². The van der Waals surface area contributed by atoms with E-state index < -0.39 is 5.91 Å². The van der Waals surface area contributed by atoms with Crippen molar-refractivity contribution in [2.75, 3.05) is 45.2 Å². The van der Waals surface area contributed by atoms with Gasteiger partial charge in [-0.25, -0.2) is 0 Å². The van der Waals surface area contributed by atoms with Gasteiger partial charge in [-0.15, -0.1) is 0 Å². The highest BCUT2D eigenvalue weighted by atomic mass is 35.5. The molecule has 1 heterocycles. The van der Waals surface area contributed by atoms with Gasteiger partial charge in [0, 0.05) is 31.7 Å². The van der Waals surface area contributed by atoms with Crippen LogP contribution in [0.2, 0.25) is 5.02 Å². The van der Waals surface area contributed by atoms with Gasteiger partial charge in [-0.05, 0) is 74.6 Å². The standard InChI is InChI=1S/C23H27ClN4O3S/c1-15-4-6-18(12-16(15)2)31-14-21(29)26-23(32)25-20-13-17(5-7-19(20)24)22(30)28-10-8-27(3)9-11-28/h4-7,12-13H,8-11,14H2,1-3H3,(H2,25,26,29,32). The minimum atomic E-state index is -0.401. The molecule has 2 N–H and O–H groups in total. The van der Waals surface area contributed by atoms with E-state index in [-0.39, 0.29) is 17.6 Å². The van der Waals surface area contributed by atoms with Crippen LogP contribution in [0.4, 0.5) is 5.69 Å². The van der Waals surface area contributed by atoms with Crippen LogP contribution in [0.3, 0.4) is 0 Å². The van der Waals surface area contributed by atoms with Crippen molar-refractivity contribution >= 4 is 46.4 Å². The van der Waals surface area contributed by atoms with Crippen molar-refractivity contribution in [1.82, 2.24) is 15.1 Å². The Morgan fingerprint density at radius 2 is 1.78 bits per heavy atom. The Kier molecular flexibility index (Phi) is 8.06. The van der Waals surface area contributed by atoms with Crippen molar-refractivity contribution in [1.29, 1.82) is 0 Å². The molecule has 32 heavy (non-hydrogen) atoms. The molecular weight excluding hydrogens is 448 g/mol. The number of carbonyl (C=O) groups is 2. The lowest BCUT2D eigenvalue weighted by molar-refractivity contribution is -0.121. The summed E-state index contributed by atoms with van der Waals surface area (Å²) in [5, 5.41) is 5.93. The monoisotopic (exact) mass is 474 g/mol. The number of carbonyl (C=O) groups excluding carboxylic acids is 2. The lowest BCUT2D eigenvalue weighted by Crippen LogP contribution is -2.47. The van der Waals surface area contributed by atoms with Crippen LogP contribution < -0.4 is 15.4 Å². The van der Waals surface area contributed by atoms with Gasteiger partial charge in [-0.2, -0.15) is 0 Å². The number of anilines is 1. The second-order valence-electron chi connectivity index (χ2n) is 7.83. The number of hydrogen-bond donors (Lipinski definition) is 2. The fourth-order valence-electron chi connectivity index (χ4n) is 3.22. The minimum absolute atomic E-state index is 0.0606. The molecule has 2 aromatic rings. The van der Waals surface area contributed by atoms with E-state index in [1.165, 1.54) is 0 Å².